The van der Waals surface area contributed by atoms with Gasteiger partial charge in [0.25, 0.3) is 0 Å². The molecule has 0 aliphatic carbocycles. The summed E-state index contributed by atoms with van der Waals surface area (Å²) in [6.45, 7) is 4.58. The second-order valence-electron chi connectivity index (χ2n) is 3.09. The third-order valence-electron chi connectivity index (χ3n) is 1.84. The Bertz CT molecular complexity index is 53.9. The quantitative estimate of drug-likeness (QED) is 0.460. The van der Waals surface area contributed by atoms with Crippen molar-refractivity contribution >= 4 is 21.6 Å². The molecule has 0 bridgehead atoms. The molecule has 0 aromatic rings. The van der Waals surface area contributed by atoms with Gasteiger partial charge in [-0.15, -0.1) is 0 Å². The van der Waals surface area contributed by atoms with Crippen LogP contribution in [0.5, 0.6) is 0 Å². The number of hydrogen-bond acceptors (Lipinski definition) is 0. The predicted molar refractivity (Wildman–Crippen MR) is 54.4 cm³/mol. The Balaban J connectivity index is 2.69. The summed E-state index contributed by atoms with van der Waals surface area (Å²) >= 11 is 0.283. The van der Waals surface area contributed by atoms with Gasteiger partial charge in [-0.3, -0.25) is 0 Å². The number of hydrogen-bond donors (Lipinski definition) is 0. The van der Waals surface area contributed by atoms with Gasteiger partial charge in [-0.1, -0.05) is 0 Å². The third-order valence-corrected chi connectivity index (χ3v) is 5.45. The van der Waals surface area contributed by atoms with Crippen LogP contribution in [0.3, 0.4) is 0 Å². The summed E-state index contributed by atoms with van der Waals surface area (Å²) in [7, 11) is 0. The van der Waals surface area contributed by atoms with Crippen molar-refractivity contribution in [3.63, 3.8) is 0 Å². The summed E-state index contributed by atoms with van der Waals surface area (Å²) in [6, 6.07) is 0. The molecule has 0 fully saturated rings. The Morgan fingerprint density at radius 2 is 1.18 bits per heavy atom. The SMILES string of the molecule is CCCC[CH2][Sb][CH2]CCCC. The zero-order chi connectivity index (χ0) is 8.36. The first-order valence-corrected chi connectivity index (χ1v) is 8.66. The normalized spacial score (nSPS) is 10.4. The van der Waals surface area contributed by atoms with E-state index in [4.69, 9.17) is 0 Å². The summed E-state index contributed by atoms with van der Waals surface area (Å²) in [4.78, 5) is 0. The standard InChI is InChI=1S/2C5H11.Sb/c2*1-3-5-4-2;/h2*1,3-5H2,2H3;. The van der Waals surface area contributed by atoms with Gasteiger partial charge in [0.15, 0.2) is 0 Å². The van der Waals surface area contributed by atoms with Crippen molar-refractivity contribution in [1.29, 1.82) is 0 Å². The van der Waals surface area contributed by atoms with E-state index in [-0.39, 0.29) is 21.6 Å². The number of rotatable bonds is 8. The van der Waals surface area contributed by atoms with E-state index >= 15 is 0 Å². The molecule has 0 aliphatic heterocycles. The molecular formula is C10H22Sb. The molecule has 0 spiro atoms. The van der Waals surface area contributed by atoms with Crippen molar-refractivity contribution in [2.45, 2.75) is 61.1 Å². The van der Waals surface area contributed by atoms with Crippen molar-refractivity contribution in [2.24, 2.45) is 0 Å². The Morgan fingerprint density at radius 3 is 1.55 bits per heavy atom. The van der Waals surface area contributed by atoms with Gasteiger partial charge in [0.05, 0.1) is 0 Å². The van der Waals surface area contributed by atoms with E-state index in [1.807, 2.05) is 0 Å². The van der Waals surface area contributed by atoms with Gasteiger partial charge in [0, 0.05) is 0 Å². The van der Waals surface area contributed by atoms with Crippen LogP contribution in [0.4, 0.5) is 0 Å². The summed E-state index contributed by atoms with van der Waals surface area (Å²) in [5, 5.41) is 0. The van der Waals surface area contributed by atoms with Crippen molar-refractivity contribution in [2.75, 3.05) is 0 Å². The maximum absolute atomic E-state index is 2.29. The van der Waals surface area contributed by atoms with Gasteiger partial charge < -0.3 is 0 Å². The molecule has 0 unspecified atom stereocenters. The van der Waals surface area contributed by atoms with Crippen LogP contribution in [0.2, 0.25) is 8.73 Å². The van der Waals surface area contributed by atoms with Crippen LogP contribution >= 0.6 is 0 Å². The van der Waals surface area contributed by atoms with Crippen molar-refractivity contribution in [3.8, 4) is 0 Å². The average molecular weight is 264 g/mol. The fourth-order valence-electron chi connectivity index (χ4n) is 1.06. The van der Waals surface area contributed by atoms with Gasteiger partial charge >= 0.3 is 82.7 Å². The molecule has 0 N–H and O–H groups in total. The van der Waals surface area contributed by atoms with Crippen LogP contribution in [0.25, 0.3) is 0 Å². The Morgan fingerprint density at radius 1 is 0.727 bits per heavy atom. The molecular weight excluding hydrogens is 242 g/mol. The van der Waals surface area contributed by atoms with E-state index < -0.39 is 0 Å². The Kier molecular flexibility index (Phi) is 11.6. The summed E-state index contributed by atoms with van der Waals surface area (Å²) in [5.41, 5.74) is 0. The molecule has 0 nitrogen and oxygen atoms in total. The van der Waals surface area contributed by atoms with E-state index in [9.17, 15) is 0 Å². The first-order valence-electron chi connectivity index (χ1n) is 5.05. The maximum atomic E-state index is 2.29. The fourth-order valence-corrected chi connectivity index (χ4v) is 4.25. The van der Waals surface area contributed by atoms with Crippen LogP contribution in [-0.2, 0) is 0 Å². The second-order valence-corrected chi connectivity index (χ2v) is 6.91. The fraction of sp³-hybridized carbons (Fsp3) is 1.00. The average Bonchev–Trinajstić information content (AvgIpc) is 2.03. The molecule has 0 aromatic heterocycles. The molecule has 0 saturated heterocycles. The molecule has 0 amide bonds. The van der Waals surface area contributed by atoms with E-state index in [0.29, 0.717) is 0 Å². The molecule has 11 heavy (non-hydrogen) atoms. The van der Waals surface area contributed by atoms with Gasteiger partial charge in [0.2, 0.25) is 0 Å². The van der Waals surface area contributed by atoms with Gasteiger partial charge in [-0.25, -0.2) is 0 Å². The molecule has 1 radical (unpaired) electrons. The second kappa shape index (κ2) is 10.8. The molecule has 0 atom stereocenters. The number of unbranched alkanes of at least 4 members (excludes halogenated alkanes) is 4. The van der Waals surface area contributed by atoms with Crippen LogP contribution in [0.15, 0.2) is 0 Å². The molecule has 0 rings (SSSR count). The Hall–Kier alpha value is 0.818. The molecule has 0 aliphatic rings. The third kappa shape index (κ3) is 10.8. The molecule has 0 saturated carbocycles. The monoisotopic (exact) mass is 263 g/mol. The molecule has 0 aromatic carbocycles. The van der Waals surface area contributed by atoms with Crippen LogP contribution in [0, 0.1) is 0 Å². The molecule has 1 heteroatoms. The van der Waals surface area contributed by atoms with E-state index in [1.165, 1.54) is 38.5 Å². The summed E-state index contributed by atoms with van der Waals surface area (Å²) < 4.78 is 3.24. The predicted octanol–water partition coefficient (Wildman–Crippen LogP) is 3.91. The summed E-state index contributed by atoms with van der Waals surface area (Å²) in [5.74, 6) is 0. The van der Waals surface area contributed by atoms with Crippen molar-refractivity contribution in [3.05, 3.63) is 0 Å². The van der Waals surface area contributed by atoms with Crippen molar-refractivity contribution in [1.82, 2.24) is 0 Å². The van der Waals surface area contributed by atoms with Gasteiger partial charge in [-0.2, -0.15) is 0 Å². The first kappa shape index (κ1) is 11.8. The molecule has 67 valence electrons. The summed E-state index contributed by atoms with van der Waals surface area (Å²) in [6.07, 6.45) is 8.79. The van der Waals surface area contributed by atoms with Crippen LogP contribution < -0.4 is 0 Å². The van der Waals surface area contributed by atoms with E-state index in [0.717, 1.165) is 0 Å². The van der Waals surface area contributed by atoms with Crippen LogP contribution in [-0.4, -0.2) is 21.6 Å². The van der Waals surface area contributed by atoms with Crippen LogP contribution in [0.1, 0.15) is 52.4 Å². The minimum absolute atomic E-state index is 0.283. The minimum atomic E-state index is 0.283. The van der Waals surface area contributed by atoms with Gasteiger partial charge in [-0.05, 0) is 0 Å². The van der Waals surface area contributed by atoms with E-state index in [2.05, 4.69) is 13.8 Å². The van der Waals surface area contributed by atoms with E-state index in [1.54, 1.807) is 8.73 Å². The zero-order valence-corrected chi connectivity index (χ0v) is 10.7. The van der Waals surface area contributed by atoms with Crippen molar-refractivity contribution < 1.29 is 0 Å². The molecule has 0 heterocycles. The first-order chi connectivity index (χ1) is 5.41. The Labute approximate surface area is 82.7 Å². The zero-order valence-electron chi connectivity index (χ0n) is 8.10. The topological polar surface area (TPSA) is 0 Å². The van der Waals surface area contributed by atoms with Gasteiger partial charge in [0.1, 0.15) is 0 Å².